The Labute approximate surface area is 129 Å². The number of nitrogens with two attached hydrogens (primary N) is 1. The van der Waals surface area contributed by atoms with Crippen molar-refractivity contribution in [2.45, 2.75) is 50.5 Å². The predicted octanol–water partition coefficient (Wildman–Crippen LogP) is 2.34. The fourth-order valence-electron chi connectivity index (χ4n) is 5.22. The van der Waals surface area contributed by atoms with Crippen molar-refractivity contribution in [3.05, 3.63) is 16.1 Å². The average molecular weight is 305 g/mol. The molecule has 0 saturated heterocycles. The molecular formula is C16H23N3OS. The SMILES string of the molecule is NCCc1nc(C(=O)NC23CC4CC(CC(C4)C2)C3)cs1. The van der Waals surface area contributed by atoms with Gasteiger partial charge in [0.15, 0.2) is 0 Å². The van der Waals surface area contributed by atoms with E-state index in [2.05, 4.69) is 10.3 Å². The van der Waals surface area contributed by atoms with E-state index >= 15 is 0 Å². The van der Waals surface area contributed by atoms with Gasteiger partial charge in [0, 0.05) is 17.3 Å². The number of nitrogens with zero attached hydrogens (tertiary/aromatic N) is 1. The van der Waals surface area contributed by atoms with Gasteiger partial charge >= 0.3 is 0 Å². The molecule has 1 aromatic rings. The van der Waals surface area contributed by atoms with Crippen LogP contribution in [-0.2, 0) is 6.42 Å². The molecule has 21 heavy (non-hydrogen) atoms. The van der Waals surface area contributed by atoms with E-state index in [0.29, 0.717) is 12.2 Å². The summed E-state index contributed by atoms with van der Waals surface area (Å²) in [6.45, 7) is 0.587. The summed E-state index contributed by atoms with van der Waals surface area (Å²) in [4.78, 5) is 17.0. The molecule has 5 heteroatoms. The second-order valence-corrected chi connectivity index (χ2v) is 8.26. The Morgan fingerprint density at radius 2 is 1.90 bits per heavy atom. The Bertz CT molecular complexity index is 518. The van der Waals surface area contributed by atoms with Crippen molar-refractivity contribution in [2.75, 3.05) is 6.54 Å². The van der Waals surface area contributed by atoms with E-state index in [1.807, 2.05) is 5.38 Å². The fraction of sp³-hybridized carbons (Fsp3) is 0.750. The molecule has 1 heterocycles. The number of amides is 1. The molecule has 4 saturated carbocycles. The zero-order valence-corrected chi connectivity index (χ0v) is 13.1. The maximum atomic E-state index is 12.5. The molecule has 0 unspecified atom stereocenters. The van der Waals surface area contributed by atoms with E-state index in [1.165, 1.54) is 38.5 Å². The van der Waals surface area contributed by atoms with Crippen LogP contribution in [0.5, 0.6) is 0 Å². The number of hydrogen-bond acceptors (Lipinski definition) is 4. The van der Waals surface area contributed by atoms with Crippen LogP contribution < -0.4 is 11.1 Å². The first-order chi connectivity index (χ1) is 10.2. The number of carbonyl (C=O) groups excluding carboxylic acids is 1. The zero-order chi connectivity index (χ0) is 14.4. The minimum atomic E-state index is 0.0245. The summed E-state index contributed by atoms with van der Waals surface area (Å²) in [5.41, 5.74) is 6.20. The van der Waals surface area contributed by atoms with E-state index < -0.39 is 0 Å². The number of nitrogens with one attached hydrogen (secondary N) is 1. The molecule has 0 atom stereocenters. The number of aromatic nitrogens is 1. The fourth-order valence-corrected chi connectivity index (χ4v) is 6.02. The standard InChI is InChI=1S/C16H23N3OS/c17-2-1-14-18-13(9-21-14)15(20)19-16-6-10-3-11(7-16)5-12(4-10)8-16/h9-12H,1-8,17H2,(H,19,20). The lowest BCUT2D eigenvalue weighted by Gasteiger charge is -2.56. The average Bonchev–Trinajstić information content (AvgIpc) is 2.85. The van der Waals surface area contributed by atoms with Crippen molar-refractivity contribution in [3.63, 3.8) is 0 Å². The minimum Gasteiger partial charge on any atom is -0.345 e. The van der Waals surface area contributed by atoms with Crippen molar-refractivity contribution >= 4 is 17.2 Å². The highest BCUT2D eigenvalue weighted by atomic mass is 32.1. The monoisotopic (exact) mass is 305 g/mol. The van der Waals surface area contributed by atoms with Gasteiger partial charge in [0.1, 0.15) is 5.69 Å². The minimum absolute atomic E-state index is 0.0245. The Morgan fingerprint density at radius 3 is 2.48 bits per heavy atom. The van der Waals surface area contributed by atoms with Crippen LogP contribution in [0.4, 0.5) is 0 Å². The molecule has 114 valence electrons. The van der Waals surface area contributed by atoms with Gasteiger partial charge in [-0.05, 0) is 62.8 Å². The maximum Gasteiger partial charge on any atom is 0.271 e. The van der Waals surface area contributed by atoms with Crippen LogP contribution in [0, 0.1) is 17.8 Å². The van der Waals surface area contributed by atoms with E-state index in [0.717, 1.165) is 29.2 Å². The van der Waals surface area contributed by atoms with E-state index in [-0.39, 0.29) is 11.4 Å². The first kappa shape index (κ1) is 13.7. The Balaban J connectivity index is 1.48. The van der Waals surface area contributed by atoms with Crippen molar-refractivity contribution in [1.29, 1.82) is 0 Å². The lowest BCUT2D eigenvalue weighted by atomic mass is 9.53. The highest BCUT2D eigenvalue weighted by Gasteiger charge is 2.51. The van der Waals surface area contributed by atoms with Gasteiger partial charge in [-0.1, -0.05) is 0 Å². The Morgan fingerprint density at radius 1 is 1.29 bits per heavy atom. The third kappa shape index (κ3) is 2.50. The summed E-state index contributed by atoms with van der Waals surface area (Å²) >= 11 is 1.54. The molecule has 4 bridgehead atoms. The van der Waals surface area contributed by atoms with Gasteiger partial charge in [-0.15, -0.1) is 11.3 Å². The highest BCUT2D eigenvalue weighted by molar-refractivity contribution is 7.09. The first-order valence-electron chi connectivity index (χ1n) is 8.13. The quantitative estimate of drug-likeness (QED) is 0.897. The zero-order valence-electron chi connectivity index (χ0n) is 12.3. The van der Waals surface area contributed by atoms with Gasteiger partial charge in [-0.2, -0.15) is 0 Å². The van der Waals surface area contributed by atoms with E-state index in [9.17, 15) is 4.79 Å². The molecular weight excluding hydrogens is 282 g/mol. The molecule has 0 aliphatic heterocycles. The highest BCUT2D eigenvalue weighted by Crippen LogP contribution is 2.55. The Hall–Kier alpha value is -0.940. The summed E-state index contributed by atoms with van der Waals surface area (Å²) in [5, 5.41) is 6.21. The van der Waals surface area contributed by atoms with Gasteiger partial charge in [0.2, 0.25) is 0 Å². The van der Waals surface area contributed by atoms with Crippen molar-refractivity contribution in [1.82, 2.24) is 10.3 Å². The largest absolute Gasteiger partial charge is 0.345 e. The van der Waals surface area contributed by atoms with E-state index in [1.54, 1.807) is 11.3 Å². The molecule has 4 aliphatic rings. The summed E-state index contributed by atoms with van der Waals surface area (Å²) in [6, 6.07) is 0. The van der Waals surface area contributed by atoms with Crippen LogP contribution in [0.1, 0.15) is 54.0 Å². The topological polar surface area (TPSA) is 68.0 Å². The lowest BCUT2D eigenvalue weighted by Crippen LogP contribution is -2.59. The predicted molar refractivity (Wildman–Crippen MR) is 83.2 cm³/mol. The third-order valence-corrected chi connectivity index (χ3v) is 6.47. The van der Waals surface area contributed by atoms with Gasteiger partial charge in [-0.25, -0.2) is 4.98 Å². The molecule has 0 radical (unpaired) electrons. The summed E-state index contributed by atoms with van der Waals surface area (Å²) in [6.07, 6.45) is 8.50. The van der Waals surface area contributed by atoms with Crippen LogP contribution >= 0.6 is 11.3 Å². The van der Waals surface area contributed by atoms with Gasteiger partial charge < -0.3 is 11.1 Å². The van der Waals surface area contributed by atoms with Crippen LogP contribution in [0.2, 0.25) is 0 Å². The summed E-state index contributed by atoms with van der Waals surface area (Å²) in [5.74, 6) is 2.57. The summed E-state index contributed by atoms with van der Waals surface area (Å²) in [7, 11) is 0. The molecule has 0 spiro atoms. The summed E-state index contributed by atoms with van der Waals surface area (Å²) < 4.78 is 0. The lowest BCUT2D eigenvalue weighted by molar-refractivity contribution is -0.0167. The molecule has 1 aromatic heterocycles. The second-order valence-electron chi connectivity index (χ2n) is 7.32. The second kappa shape index (κ2) is 5.06. The molecule has 5 rings (SSSR count). The van der Waals surface area contributed by atoms with Crippen molar-refractivity contribution < 1.29 is 4.79 Å². The number of carbonyl (C=O) groups is 1. The van der Waals surface area contributed by atoms with Crippen molar-refractivity contribution in [2.24, 2.45) is 23.5 Å². The van der Waals surface area contributed by atoms with E-state index in [4.69, 9.17) is 5.73 Å². The van der Waals surface area contributed by atoms with Crippen LogP contribution in [0.25, 0.3) is 0 Å². The van der Waals surface area contributed by atoms with Crippen LogP contribution in [-0.4, -0.2) is 23.0 Å². The molecule has 0 aromatic carbocycles. The number of rotatable bonds is 4. The number of thiazole rings is 1. The first-order valence-corrected chi connectivity index (χ1v) is 9.01. The maximum absolute atomic E-state index is 12.5. The van der Waals surface area contributed by atoms with Gasteiger partial charge in [0.25, 0.3) is 5.91 Å². The molecule has 4 nitrogen and oxygen atoms in total. The number of hydrogen-bond donors (Lipinski definition) is 2. The molecule has 4 aliphatic carbocycles. The van der Waals surface area contributed by atoms with Crippen LogP contribution in [0.15, 0.2) is 5.38 Å². The normalized spacial score (nSPS) is 36.9. The van der Waals surface area contributed by atoms with Gasteiger partial charge in [-0.3, -0.25) is 4.79 Å². The third-order valence-electron chi connectivity index (χ3n) is 5.56. The van der Waals surface area contributed by atoms with Crippen LogP contribution in [0.3, 0.4) is 0 Å². The van der Waals surface area contributed by atoms with Crippen molar-refractivity contribution in [3.8, 4) is 0 Å². The molecule has 1 amide bonds. The Kier molecular flexibility index (Phi) is 3.30. The smallest absolute Gasteiger partial charge is 0.271 e. The molecule has 3 N–H and O–H groups in total. The molecule has 4 fully saturated rings. The van der Waals surface area contributed by atoms with Gasteiger partial charge in [0.05, 0.1) is 5.01 Å².